The van der Waals surface area contributed by atoms with Gasteiger partial charge in [-0.1, -0.05) is 37.6 Å². The number of aromatic nitrogens is 1. The van der Waals surface area contributed by atoms with Crippen molar-refractivity contribution in [1.82, 2.24) is 14.8 Å². The number of likely N-dealkylation sites (tertiary alicyclic amines) is 2. The zero-order chi connectivity index (χ0) is 33.8. The maximum Gasteiger partial charge on any atom is 0.417 e. The molecule has 0 aliphatic carbocycles. The van der Waals surface area contributed by atoms with E-state index in [9.17, 15) is 32.7 Å². The summed E-state index contributed by atoms with van der Waals surface area (Å²) in [5.74, 6) is -1.30. The standard InChI is InChI=1S/C35H40F3N3O5S/c1-3-7-30-34(46-26-20-23(2)47-22-26,15-6-17-41(30)32(44)28-21-39-16-12-29(28)35(36,37)38)33(45)40-18-13-25(14-19-40)27-9-5-4-8-24(27)10-11-31(42)43/h4-5,8-9,12,16,20-22,25,30H,3,6-7,10-11,13-15,17-19H2,1-2H3,(H,42,43)/t30-,34+/m1/s1. The molecule has 12 heteroatoms. The van der Waals surface area contributed by atoms with Crippen LogP contribution in [0.25, 0.3) is 0 Å². The number of pyridine rings is 1. The molecule has 2 aromatic heterocycles. The van der Waals surface area contributed by atoms with Gasteiger partial charge >= 0.3 is 12.1 Å². The van der Waals surface area contributed by atoms with Crippen LogP contribution in [0.5, 0.6) is 5.75 Å². The van der Waals surface area contributed by atoms with Crippen molar-refractivity contribution in [2.75, 3.05) is 19.6 Å². The number of hydrogen-bond acceptors (Lipinski definition) is 6. The first-order chi connectivity index (χ1) is 22.4. The van der Waals surface area contributed by atoms with E-state index in [1.807, 2.05) is 49.6 Å². The van der Waals surface area contributed by atoms with Crippen molar-refractivity contribution in [2.45, 2.75) is 89.0 Å². The summed E-state index contributed by atoms with van der Waals surface area (Å²) in [6.45, 7) is 4.88. The number of alkyl halides is 3. The van der Waals surface area contributed by atoms with E-state index >= 15 is 0 Å². The van der Waals surface area contributed by atoms with Crippen LogP contribution in [0.15, 0.2) is 54.2 Å². The average molecular weight is 672 g/mol. The summed E-state index contributed by atoms with van der Waals surface area (Å²) in [4.78, 5) is 48.0. The van der Waals surface area contributed by atoms with Crippen LogP contribution in [-0.2, 0) is 22.2 Å². The van der Waals surface area contributed by atoms with E-state index in [1.165, 1.54) is 16.2 Å². The van der Waals surface area contributed by atoms with E-state index in [-0.39, 0.29) is 24.8 Å². The van der Waals surface area contributed by atoms with Gasteiger partial charge in [-0.05, 0) is 68.2 Å². The average Bonchev–Trinajstić information content (AvgIpc) is 3.47. The molecular weight excluding hydrogens is 631 g/mol. The molecule has 8 nitrogen and oxygen atoms in total. The van der Waals surface area contributed by atoms with Gasteiger partial charge in [-0.25, -0.2) is 0 Å². The van der Waals surface area contributed by atoms with Gasteiger partial charge in [0.15, 0.2) is 0 Å². The van der Waals surface area contributed by atoms with E-state index in [1.54, 1.807) is 4.90 Å². The maximum absolute atomic E-state index is 14.8. The highest BCUT2D eigenvalue weighted by atomic mass is 32.1. The Morgan fingerprint density at radius 2 is 1.87 bits per heavy atom. The number of hydrogen-bond donors (Lipinski definition) is 1. The van der Waals surface area contributed by atoms with Crippen molar-refractivity contribution in [1.29, 1.82) is 0 Å². The molecule has 47 heavy (non-hydrogen) atoms. The zero-order valence-corrected chi connectivity index (χ0v) is 27.4. The number of carboxylic acid groups (broad SMARTS) is 1. The summed E-state index contributed by atoms with van der Waals surface area (Å²) in [6, 6.07) is 9.66. The molecule has 3 aromatic rings. The van der Waals surface area contributed by atoms with Crippen molar-refractivity contribution >= 4 is 29.1 Å². The number of rotatable bonds is 10. The highest BCUT2D eigenvalue weighted by Gasteiger charge is 2.56. The van der Waals surface area contributed by atoms with Gasteiger partial charge in [0.2, 0.25) is 5.60 Å². The van der Waals surface area contributed by atoms with E-state index in [2.05, 4.69) is 4.98 Å². The number of halogens is 3. The SMILES string of the molecule is CCC[C@H]1N(C(=O)c2cnccc2C(F)(F)F)CCC[C@@]1(Oc1csc(C)c1)C(=O)N1CCC(c2ccccc2CCC(=O)O)CC1. The van der Waals surface area contributed by atoms with Gasteiger partial charge in [0.05, 0.1) is 17.2 Å². The predicted octanol–water partition coefficient (Wildman–Crippen LogP) is 7.12. The Hall–Kier alpha value is -3.93. The van der Waals surface area contributed by atoms with Crippen LogP contribution >= 0.6 is 11.3 Å². The molecule has 0 radical (unpaired) electrons. The Kier molecular flexibility index (Phi) is 10.6. The second-order valence-corrected chi connectivity index (χ2v) is 13.5. The summed E-state index contributed by atoms with van der Waals surface area (Å²) >= 11 is 1.47. The van der Waals surface area contributed by atoms with Gasteiger partial charge in [-0.15, -0.1) is 11.3 Å². The Bertz CT molecular complexity index is 1590. The third kappa shape index (κ3) is 7.47. The second kappa shape index (κ2) is 14.5. The normalized spacial score (nSPS) is 20.7. The van der Waals surface area contributed by atoms with Crippen LogP contribution < -0.4 is 4.74 Å². The van der Waals surface area contributed by atoms with Gasteiger partial charge in [0.1, 0.15) is 5.75 Å². The third-order valence-electron chi connectivity index (χ3n) is 9.30. The summed E-state index contributed by atoms with van der Waals surface area (Å²) < 4.78 is 48.6. The fraction of sp³-hybridized carbons (Fsp3) is 0.486. The van der Waals surface area contributed by atoms with Crippen molar-refractivity contribution in [3.63, 3.8) is 0 Å². The highest BCUT2D eigenvalue weighted by Crippen LogP contribution is 2.41. The molecule has 0 bridgehead atoms. The molecule has 0 saturated carbocycles. The first-order valence-electron chi connectivity index (χ1n) is 16.1. The van der Waals surface area contributed by atoms with E-state index < -0.39 is 40.8 Å². The number of thiophene rings is 1. The molecule has 1 aromatic carbocycles. The van der Waals surface area contributed by atoms with Crippen LogP contribution in [0.1, 0.15) is 89.7 Å². The Labute approximate surface area is 276 Å². The van der Waals surface area contributed by atoms with Crippen LogP contribution in [0.4, 0.5) is 13.2 Å². The van der Waals surface area contributed by atoms with Gasteiger partial charge < -0.3 is 19.6 Å². The largest absolute Gasteiger partial charge is 0.481 e. The third-order valence-corrected chi connectivity index (χ3v) is 10.1. The minimum absolute atomic E-state index is 0.0355. The first kappa shape index (κ1) is 34.4. The number of carbonyl (C=O) groups excluding carboxylic acids is 2. The Morgan fingerprint density at radius 3 is 2.53 bits per heavy atom. The number of amides is 2. The molecule has 5 rings (SSSR count). The topological polar surface area (TPSA) is 100 Å². The van der Waals surface area contributed by atoms with Crippen molar-refractivity contribution in [3.8, 4) is 5.75 Å². The van der Waals surface area contributed by atoms with Gasteiger partial charge in [-0.3, -0.25) is 19.4 Å². The molecule has 2 amide bonds. The summed E-state index contributed by atoms with van der Waals surface area (Å²) in [5, 5.41) is 11.0. The first-order valence-corrected chi connectivity index (χ1v) is 17.0. The van der Waals surface area contributed by atoms with Crippen LogP contribution in [0, 0.1) is 6.92 Å². The molecule has 2 aliphatic heterocycles. The summed E-state index contributed by atoms with van der Waals surface area (Å²) in [6.07, 6.45) is 0.618. The molecule has 2 saturated heterocycles. The van der Waals surface area contributed by atoms with Crippen molar-refractivity contribution in [3.05, 3.63) is 81.3 Å². The van der Waals surface area contributed by atoms with Crippen LogP contribution in [0.2, 0.25) is 0 Å². The molecule has 1 N–H and O–H groups in total. The van der Waals surface area contributed by atoms with E-state index in [4.69, 9.17) is 4.74 Å². The smallest absolute Gasteiger partial charge is 0.417 e. The second-order valence-electron chi connectivity index (χ2n) is 12.4. The molecule has 0 unspecified atom stereocenters. The van der Waals surface area contributed by atoms with Crippen molar-refractivity contribution < 1.29 is 37.4 Å². The number of nitrogens with zero attached hydrogens (tertiary/aromatic N) is 3. The molecule has 4 heterocycles. The minimum Gasteiger partial charge on any atom is -0.481 e. The minimum atomic E-state index is -4.75. The highest BCUT2D eigenvalue weighted by molar-refractivity contribution is 7.10. The fourth-order valence-electron chi connectivity index (χ4n) is 7.12. The molecule has 2 atom stereocenters. The zero-order valence-electron chi connectivity index (χ0n) is 26.6. The lowest BCUT2D eigenvalue weighted by Crippen LogP contribution is -2.68. The van der Waals surface area contributed by atoms with Crippen molar-refractivity contribution in [2.24, 2.45) is 0 Å². The lowest BCUT2D eigenvalue weighted by Gasteiger charge is -2.50. The predicted molar refractivity (Wildman–Crippen MR) is 172 cm³/mol. The number of aliphatic carboxylic acids is 1. The van der Waals surface area contributed by atoms with Gasteiger partial charge in [0.25, 0.3) is 11.8 Å². The summed E-state index contributed by atoms with van der Waals surface area (Å²) in [5.41, 5.74) is -1.01. The quantitative estimate of drug-likeness (QED) is 0.247. The lowest BCUT2D eigenvalue weighted by molar-refractivity contribution is -0.160. The van der Waals surface area contributed by atoms with E-state index in [0.717, 1.165) is 34.5 Å². The molecule has 2 fully saturated rings. The number of aryl methyl sites for hydroxylation is 2. The fourth-order valence-corrected chi connectivity index (χ4v) is 7.72. The van der Waals surface area contributed by atoms with Crippen LogP contribution in [-0.4, -0.2) is 69.0 Å². The van der Waals surface area contributed by atoms with Gasteiger partial charge in [-0.2, -0.15) is 13.2 Å². The number of carboxylic acids is 1. The number of benzene rings is 1. The molecule has 252 valence electrons. The lowest BCUT2D eigenvalue weighted by atomic mass is 9.78. The van der Waals surface area contributed by atoms with Crippen LogP contribution in [0.3, 0.4) is 0 Å². The van der Waals surface area contributed by atoms with Gasteiger partial charge in [0, 0.05) is 55.1 Å². The number of carbonyl (C=O) groups is 3. The molecular formula is C35H40F3N3O5S. The number of piperidine rings is 2. The molecule has 2 aliphatic rings. The Morgan fingerprint density at radius 1 is 1.13 bits per heavy atom. The molecule has 0 spiro atoms. The Balaban J connectivity index is 1.46. The summed E-state index contributed by atoms with van der Waals surface area (Å²) in [7, 11) is 0. The maximum atomic E-state index is 14.8. The monoisotopic (exact) mass is 671 g/mol. The van der Waals surface area contributed by atoms with E-state index in [0.29, 0.717) is 63.8 Å². The number of ether oxygens (including phenoxy) is 1.